The molecule has 0 bridgehead atoms. The highest BCUT2D eigenvalue weighted by atomic mass is 16.6. The zero-order valence-electron chi connectivity index (χ0n) is 23.8. The zero-order chi connectivity index (χ0) is 28.6. The van der Waals surface area contributed by atoms with Gasteiger partial charge in [0, 0.05) is 26.1 Å². The summed E-state index contributed by atoms with van der Waals surface area (Å²) >= 11 is 0. The van der Waals surface area contributed by atoms with Gasteiger partial charge < -0.3 is 23.8 Å². The lowest BCUT2D eigenvalue weighted by molar-refractivity contribution is -0.156. The van der Waals surface area contributed by atoms with Crippen LogP contribution < -0.4 is 9.47 Å². The molecule has 3 rings (SSSR count). The quantitative estimate of drug-likeness (QED) is 0.194. The van der Waals surface area contributed by atoms with Gasteiger partial charge >= 0.3 is 5.97 Å². The van der Waals surface area contributed by atoms with Crippen molar-refractivity contribution in [1.82, 2.24) is 4.90 Å². The van der Waals surface area contributed by atoms with Gasteiger partial charge in [0.1, 0.15) is 18.1 Å². The van der Waals surface area contributed by atoms with E-state index in [-0.39, 0.29) is 18.5 Å². The number of carbonyl (C=O) groups excluding carboxylic acids is 2. The molecule has 7 nitrogen and oxygen atoms in total. The van der Waals surface area contributed by atoms with Gasteiger partial charge in [-0.15, -0.1) is 0 Å². The molecule has 0 fully saturated rings. The molecule has 1 amide bonds. The van der Waals surface area contributed by atoms with E-state index in [0.29, 0.717) is 45.1 Å². The zero-order valence-corrected chi connectivity index (χ0v) is 23.8. The minimum absolute atomic E-state index is 0.0499. The summed E-state index contributed by atoms with van der Waals surface area (Å²) in [5.41, 5.74) is 3.07. The van der Waals surface area contributed by atoms with E-state index in [0.717, 1.165) is 35.3 Å². The first kappa shape index (κ1) is 30.7. The smallest absolute Gasteiger partial charge is 0.335 e. The summed E-state index contributed by atoms with van der Waals surface area (Å²) in [6.45, 7) is 8.10. The van der Waals surface area contributed by atoms with Crippen molar-refractivity contribution in [3.63, 3.8) is 0 Å². The van der Waals surface area contributed by atoms with Crippen molar-refractivity contribution in [2.24, 2.45) is 0 Å². The third-order valence-corrected chi connectivity index (χ3v) is 6.30. The van der Waals surface area contributed by atoms with Gasteiger partial charge in [0.2, 0.25) is 0 Å². The molecular formula is C33H41NO6. The number of rotatable bonds is 17. The Labute approximate surface area is 238 Å². The van der Waals surface area contributed by atoms with Crippen LogP contribution in [0, 0.1) is 0 Å². The fourth-order valence-corrected chi connectivity index (χ4v) is 4.11. The lowest BCUT2D eigenvalue weighted by Gasteiger charge is -2.23. The van der Waals surface area contributed by atoms with Crippen LogP contribution in [0.5, 0.6) is 11.5 Å². The molecule has 0 aliphatic carbocycles. The van der Waals surface area contributed by atoms with E-state index >= 15 is 0 Å². The van der Waals surface area contributed by atoms with Crippen molar-refractivity contribution in [3.05, 3.63) is 95.6 Å². The number of ether oxygens (including phenoxy) is 4. The van der Waals surface area contributed by atoms with Crippen LogP contribution in [0.3, 0.4) is 0 Å². The number of hydrogen-bond donors (Lipinski definition) is 0. The SMILES string of the molecule is CCCCN(Cc1ccc(OCc2ccccc2)cc1)C(=O)COc1ccc(C[C@H](OCC)C(=O)OCC)cc1. The van der Waals surface area contributed by atoms with E-state index < -0.39 is 6.10 Å². The number of nitrogens with zero attached hydrogens (tertiary/aromatic N) is 1. The summed E-state index contributed by atoms with van der Waals surface area (Å²) < 4.78 is 22.4. The topological polar surface area (TPSA) is 74.3 Å². The molecular weight excluding hydrogens is 506 g/mol. The molecule has 3 aromatic rings. The first-order valence-electron chi connectivity index (χ1n) is 14.1. The standard InChI is InChI=1S/C33H41NO6/c1-4-7-21-34(23-27-15-19-29(20-16-27)39-24-28-11-9-8-10-12-28)32(35)25-40-30-17-13-26(14-18-30)22-31(37-5-2)33(36)38-6-3/h8-20,31H,4-7,21-25H2,1-3H3/t31-/m0/s1. The van der Waals surface area contributed by atoms with Gasteiger partial charge in [0.15, 0.2) is 12.7 Å². The molecule has 1 atom stereocenters. The third kappa shape index (κ3) is 10.4. The summed E-state index contributed by atoms with van der Waals surface area (Å²) in [7, 11) is 0. The molecule has 0 aromatic heterocycles. The minimum atomic E-state index is -0.644. The molecule has 3 aromatic carbocycles. The number of hydrogen-bond acceptors (Lipinski definition) is 6. The van der Waals surface area contributed by atoms with Crippen molar-refractivity contribution in [3.8, 4) is 11.5 Å². The van der Waals surface area contributed by atoms with Gasteiger partial charge in [-0.05, 0) is 61.2 Å². The lowest BCUT2D eigenvalue weighted by atomic mass is 10.1. The summed E-state index contributed by atoms with van der Waals surface area (Å²) in [5.74, 6) is 0.953. The van der Waals surface area contributed by atoms with Crippen LogP contribution in [0.25, 0.3) is 0 Å². The molecule has 0 spiro atoms. The highest BCUT2D eigenvalue weighted by molar-refractivity contribution is 5.78. The van der Waals surface area contributed by atoms with Gasteiger partial charge in [-0.3, -0.25) is 4.79 Å². The average Bonchev–Trinajstić information content (AvgIpc) is 2.98. The highest BCUT2D eigenvalue weighted by Gasteiger charge is 2.20. The maximum absolute atomic E-state index is 13.1. The second kappa shape index (κ2) is 17.0. The number of benzene rings is 3. The fourth-order valence-electron chi connectivity index (χ4n) is 4.11. The van der Waals surface area contributed by atoms with Crippen LogP contribution in [-0.2, 0) is 38.6 Å². The molecule has 0 aliphatic heterocycles. The number of amides is 1. The predicted molar refractivity (Wildman–Crippen MR) is 155 cm³/mol. The molecule has 40 heavy (non-hydrogen) atoms. The number of esters is 1. The Bertz CT molecular complexity index is 1150. The lowest BCUT2D eigenvalue weighted by Crippen LogP contribution is -2.35. The Hall–Kier alpha value is -3.84. The van der Waals surface area contributed by atoms with Gasteiger partial charge in [-0.25, -0.2) is 4.79 Å². The molecule has 0 heterocycles. The van der Waals surface area contributed by atoms with Gasteiger partial charge in [0.25, 0.3) is 5.91 Å². The molecule has 0 radical (unpaired) electrons. The maximum Gasteiger partial charge on any atom is 0.335 e. The number of carbonyl (C=O) groups is 2. The summed E-state index contributed by atoms with van der Waals surface area (Å²) in [4.78, 5) is 27.1. The first-order chi connectivity index (χ1) is 19.5. The van der Waals surface area contributed by atoms with Crippen LogP contribution in [0.1, 0.15) is 50.3 Å². The van der Waals surface area contributed by atoms with E-state index in [4.69, 9.17) is 18.9 Å². The Kier molecular flexibility index (Phi) is 13.0. The van der Waals surface area contributed by atoms with E-state index in [1.807, 2.05) is 78.6 Å². The van der Waals surface area contributed by atoms with Crippen molar-refractivity contribution in [2.45, 2.75) is 59.3 Å². The largest absolute Gasteiger partial charge is 0.489 e. The molecule has 0 saturated carbocycles. The van der Waals surface area contributed by atoms with Crippen molar-refractivity contribution in [1.29, 1.82) is 0 Å². The van der Waals surface area contributed by atoms with Gasteiger partial charge in [-0.1, -0.05) is 67.9 Å². The van der Waals surface area contributed by atoms with E-state index in [9.17, 15) is 9.59 Å². The second-order valence-electron chi connectivity index (χ2n) is 9.42. The van der Waals surface area contributed by atoms with Crippen LogP contribution in [0.4, 0.5) is 0 Å². The van der Waals surface area contributed by atoms with Gasteiger partial charge in [0.05, 0.1) is 6.61 Å². The summed E-state index contributed by atoms with van der Waals surface area (Å²) in [5, 5.41) is 0. The van der Waals surface area contributed by atoms with Crippen LogP contribution >= 0.6 is 0 Å². The number of unbranched alkanes of at least 4 members (excludes halogenated alkanes) is 1. The van der Waals surface area contributed by atoms with Crippen molar-refractivity contribution >= 4 is 11.9 Å². The molecule has 0 saturated heterocycles. The van der Waals surface area contributed by atoms with Crippen molar-refractivity contribution < 1.29 is 28.5 Å². The molecule has 0 aliphatic rings. The Balaban J connectivity index is 1.52. The highest BCUT2D eigenvalue weighted by Crippen LogP contribution is 2.18. The second-order valence-corrected chi connectivity index (χ2v) is 9.42. The Morgan fingerprint density at radius 2 is 1.40 bits per heavy atom. The first-order valence-corrected chi connectivity index (χ1v) is 14.1. The summed E-state index contributed by atoms with van der Waals surface area (Å²) in [6, 6.07) is 25.3. The molecule has 0 unspecified atom stereocenters. The fraction of sp³-hybridized carbons (Fsp3) is 0.394. The molecule has 214 valence electrons. The third-order valence-electron chi connectivity index (χ3n) is 6.30. The normalized spacial score (nSPS) is 11.5. The molecule has 7 heteroatoms. The Morgan fingerprint density at radius 1 is 0.750 bits per heavy atom. The van der Waals surface area contributed by atoms with E-state index in [1.54, 1.807) is 19.1 Å². The van der Waals surface area contributed by atoms with E-state index in [1.165, 1.54) is 0 Å². The average molecular weight is 548 g/mol. The van der Waals surface area contributed by atoms with E-state index in [2.05, 4.69) is 6.92 Å². The summed E-state index contributed by atoms with van der Waals surface area (Å²) in [6.07, 6.45) is 1.68. The predicted octanol–water partition coefficient (Wildman–Crippen LogP) is 5.98. The monoisotopic (exact) mass is 547 g/mol. The molecule has 0 N–H and O–H groups in total. The van der Waals surface area contributed by atoms with Crippen LogP contribution in [-0.4, -0.2) is 49.2 Å². The van der Waals surface area contributed by atoms with Crippen LogP contribution in [0.2, 0.25) is 0 Å². The van der Waals surface area contributed by atoms with Crippen molar-refractivity contribution in [2.75, 3.05) is 26.4 Å². The Morgan fingerprint density at radius 3 is 2.02 bits per heavy atom. The minimum Gasteiger partial charge on any atom is -0.489 e. The van der Waals surface area contributed by atoms with Gasteiger partial charge in [-0.2, -0.15) is 0 Å². The van der Waals surface area contributed by atoms with Crippen LogP contribution in [0.15, 0.2) is 78.9 Å². The maximum atomic E-state index is 13.1.